The highest BCUT2D eigenvalue weighted by molar-refractivity contribution is 5.75. The van der Waals surface area contributed by atoms with Crippen LogP contribution >= 0.6 is 0 Å². The minimum Gasteiger partial charge on any atom is -0.359 e. The minimum atomic E-state index is -0.240. The smallest absolute Gasteiger partial charge is 0.229 e. The molecule has 4 rings (SSSR count). The summed E-state index contributed by atoms with van der Waals surface area (Å²) < 4.78 is 14.8. The zero-order chi connectivity index (χ0) is 29.8. The predicted octanol–water partition coefficient (Wildman–Crippen LogP) is 5.14. The van der Waals surface area contributed by atoms with E-state index in [1.807, 2.05) is 30.2 Å². The van der Waals surface area contributed by atoms with Crippen molar-refractivity contribution in [3.8, 4) is 6.07 Å². The van der Waals surface area contributed by atoms with Crippen molar-refractivity contribution >= 4 is 23.4 Å². The summed E-state index contributed by atoms with van der Waals surface area (Å²) >= 11 is 0. The molecule has 0 radical (unpaired) electrons. The summed E-state index contributed by atoms with van der Waals surface area (Å²) in [4.78, 5) is 25.3. The van der Waals surface area contributed by atoms with Crippen LogP contribution in [0.5, 0.6) is 0 Å². The second-order valence-corrected chi connectivity index (χ2v) is 12.0. The number of aryl methyl sites for hydroxylation is 2. The van der Waals surface area contributed by atoms with Gasteiger partial charge in [0.25, 0.3) is 0 Å². The van der Waals surface area contributed by atoms with Crippen LogP contribution in [0.25, 0.3) is 0 Å². The van der Waals surface area contributed by atoms with Gasteiger partial charge in [0.1, 0.15) is 5.82 Å². The summed E-state index contributed by atoms with van der Waals surface area (Å²) in [5.41, 5.74) is 1.71. The molecule has 1 amide bonds. The van der Waals surface area contributed by atoms with Crippen LogP contribution in [0.1, 0.15) is 82.6 Å². The third-order valence-electron chi connectivity index (χ3n) is 8.88. The van der Waals surface area contributed by atoms with Crippen LogP contribution in [-0.2, 0) is 11.3 Å². The number of alkyl halides is 1. The van der Waals surface area contributed by atoms with E-state index < -0.39 is 0 Å². The lowest BCUT2D eigenvalue weighted by atomic mass is 9.81. The van der Waals surface area contributed by atoms with Crippen molar-refractivity contribution in [2.24, 2.45) is 5.92 Å². The first-order valence-corrected chi connectivity index (χ1v) is 15.7. The van der Waals surface area contributed by atoms with Gasteiger partial charge in [-0.05, 0) is 58.0 Å². The molecular formula is C31H48FN9O. The minimum absolute atomic E-state index is 0.131. The first kappa shape index (κ1) is 31.7. The maximum absolute atomic E-state index is 12.8. The highest BCUT2D eigenvalue weighted by Crippen LogP contribution is 2.38. The second-order valence-electron chi connectivity index (χ2n) is 12.0. The predicted molar refractivity (Wildman–Crippen MR) is 163 cm³/mol. The molecule has 230 valence electrons. The number of nitrogens with one attached hydrogen (secondary N) is 2. The Morgan fingerprint density at radius 1 is 1.12 bits per heavy atom. The first-order valence-electron chi connectivity index (χ1n) is 15.7. The zero-order valence-corrected chi connectivity index (χ0v) is 25.5. The summed E-state index contributed by atoms with van der Waals surface area (Å²) in [5.74, 6) is 2.03. The number of nitriles is 1. The van der Waals surface area contributed by atoms with Crippen LogP contribution in [0.15, 0.2) is 18.6 Å². The molecule has 2 aromatic heterocycles. The molecule has 4 heterocycles. The molecule has 0 bridgehead atoms. The van der Waals surface area contributed by atoms with Crippen LogP contribution in [0.3, 0.4) is 0 Å². The number of rotatable bonds is 17. The quantitative estimate of drug-likeness (QED) is 0.247. The Balaban J connectivity index is 1.21. The van der Waals surface area contributed by atoms with Gasteiger partial charge < -0.3 is 15.5 Å². The Hall–Kier alpha value is -3.26. The number of hydrogen-bond donors (Lipinski definition) is 2. The Kier molecular flexibility index (Phi) is 11.9. The van der Waals surface area contributed by atoms with Gasteiger partial charge in [0, 0.05) is 51.1 Å². The van der Waals surface area contributed by atoms with Crippen molar-refractivity contribution < 1.29 is 9.18 Å². The standard InChI is InChI=1S/C31H48FN9O/c1-25-20-35-30(37-27-21-36-41(22-27)17-9-7-5-3-4-6-8-10-28(42)34-2)38-29(25)39-23-31(24-39,14-16-33)40-18-12-26(11-15-32)13-19-40/h20-22,26H,3-15,17-19,23-24H2,1-2H3,(H,34,42)(H,35,37,38). The van der Waals surface area contributed by atoms with E-state index in [1.165, 1.54) is 25.7 Å². The molecule has 2 aromatic rings. The van der Waals surface area contributed by atoms with Crippen molar-refractivity contribution in [2.45, 2.75) is 96.1 Å². The summed E-state index contributed by atoms with van der Waals surface area (Å²) in [5, 5.41) is 20.1. The van der Waals surface area contributed by atoms with Crippen LogP contribution < -0.4 is 15.5 Å². The number of carbonyl (C=O) groups is 1. The number of piperidine rings is 1. The molecule has 2 saturated heterocycles. The molecule has 2 aliphatic rings. The molecule has 0 unspecified atom stereocenters. The third-order valence-corrected chi connectivity index (χ3v) is 8.88. The van der Waals surface area contributed by atoms with Gasteiger partial charge in [-0.25, -0.2) is 4.98 Å². The molecule has 0 atom stereocenters. The van der Waals surface area contributed by atoms with Gasteiger partial charge in [0.05, 0.1) is 36.6 Å². The Morgan fingerprint density at radius 3 is 2.52 bits per heavy atom. The summed E-state index contributed by atoms with van der Waals surface area (Å²) in [6.45, 7) is 6.04. The second kappa shape index (κ2) is 15.8. The van der Waals surface area contributed by atoms with Crippen molar-refractivity contribution in [3.63, 3.8) is 0 Å². The van der Waals surface area contributed by atoms with Crippen molar-refractivity contribution in [3.05, 3.63) is 24.2 Å². The highest BCUT2D eigenvalue weighted by Gasteiger charge is 2.49. The van der Waals surface area contributed by atoms with E-state index in [0.29, 0.717) is 31.1 Å². The summed E-state index contributed by atoms with van der Waals surface area (Å²) in [6.07, 6.45) is 17.4. The van der Waals surface area contributed by atoms with Crippen LogP contribution in [0.2, 0.25) is 0 Å². The Morgan fingerprint density at radius 2 is 1.83 bits per heavy atom. The van der Waals surface area contributed by atoms with E-state index in [9.17, 15) is 14.4 Å². The van der Waals surface area contributed by atoms with E-state index in [1.54, 1.807) is 7.05 Å². The van der Waals surface area contributed by atoms with Crippen molar-refractivity contribution in [2.75, 3.05) is 50.1 Å². The first-order chi connectivity index (χ1) is 20.5. The largest absolute Gasteiger partial charge is 0.359 e. The Bertz CT molecular complexity index is 1170. The van der Waals surface area contributed by atoms with E-state index in [4.69, 9.17) is 4.98 Å². The zero-order valence-electron chi connectivity index (χ0n) is 25.5. The molecule has 0 saturated carbocycles. The van der Waals surface area contributed by atoms with E-state index in [2.05, 4.69) is 36.6 Å². The number of amides is 1. The number of nitrogens with zero attached hydrogens (tertiary/aromatic N) is 7. The van der Waals surface area contributed by atoms with Gasteiger partial charge in [0.2, 0.25) is 11.9 Å². The number of carbonyl (C=O) groups excluding carboxylic acids is 1. The molecule has 11 heteroatoms. The van der Waals surface area contributed by atoms with Crippen LogP contribution in [0.4, 0.5) is 21.8 Å². The number of hydrogen-bond acceptors (Lipinski definition) is 8. The molecule has 2 aliphatic heterocycles. The van der Waals surface area contributed by atoms with Gasteiger partial charge in [0.15, 0.2) is 0 Å². The van der Waals surface area contributed by atoms with Crippen molar-refractivity contribution in [1.82, 2.24) is 30.0 Å². The van der Waals surface area contributed by atoms with Gasteiger partial charge >= 0.3 is 0 Å². The molecule has 42 heavy (non-hydrogen) atoms. The fourth-order valence-electron chi connectivity index (χ4n) is 6.30. The topological polar surface area (TPSA) is 115 Å². The number of likely N-dealkylation sites (tertiary alicyclic amines) is 1. The molecule has 0 aliphatic carbocycles. The lowest BCUT2D eigenvalue weighted by Gasteiger charge is -2.57. The molecule has 0 spiro atoms. The maximum Gasteiger partial charge on any atom is 0.229 e. The van der Waals surface area contributed by atoms with Crippen molar-refractivity contribution in [1.29, 1.82) is 5.26 Å². The average molecular weight is 582 g/mol. The normalized spacial score (nSPS) is 17.0. The lowest BCUT2D eigenvalue weighted by molar-refractivity contribution is -0.120. The molecular weight excluding hydrogens is 533 g/mol. The summed E-state index contributed by atoms with van der Waals surface area (Å²) in [6, 6.07) is 2.42. The SMILES string of the molecule is CNC(=O)CCCCCCCCCn1cc(Nc2ncc(C)c(N3CC(CC#N)(N4CCC(CCF)CC4)C3)n2)cn1. The van der Waals surface area contributed by atoms with E-state index in [-0.39, 0.29) is 18.1 Å². The van der Waals surface area contributed by atoms with E-state index in [0.717, 1.165) is 81.9 Å². The van der Waals surface area contributed by atoms with Gasteiger partial charge in [-0.1, -0.05) is 32.1 Å². The number of unbranched alkanes of at least 4 members (excludes halogenated alkanes) is 6. The van der Waals surface area contributed by atoms with Crippen LogP contribution in [-0.4, -0.2) is 76.0 Å². The van der Waals surface area contributed by atoms with Gasteiger partial charge in [-0.15, -0.1) is 0 Å². The number of anilines is 3. The van der Waals surface area contributed by atoms with Crippen LogP contribution in [0, 0.1) is 24.2 Å². The molecule has 2 N–H and O–H groups in total. The van der Waals surface area contributed by atoms with Gasteiger partial charge in [-0.3, -0.25) is 18.8 Å². The Labute approximate surface area is 250 Å². The molecule has 2 fully saturated rings. The number of aromatic nitrogens is 4. The fourth-order valence-corrected chi connectivity index (χ4v) is 6.30. The molecule has 0 aromatic carbocycles. The molecule has 10 nitrogen and oxygen atoms in total. The fraction of sp³-hybridized carbons (Fsp3) is 0.710. The van der Waals surface area contributed by atoms with Gasteiger partial charge in [-0.2, -0.15) is 15.3 Å². The summed E-state index contributed by atoms with van der Waals surface area (Å²) in [7, 11) is 1.69. The number of halogens is 1. The monoisotopic (exact) mass is 581 g/mol. The third kappa shape index (κ3) is 8.63. The average Bonchev–Trinajstić information content (AvgIpc) is 3.42. The lowest BCUT2D eigenvalue weighted by Crippen LogP contribution is -2.71. The van der Waals surface area contributed by atoms with E-state index >= 15 is 0 Å². The maximum atomic E-state index is 12.8. The highest BCUT2D eigenvalue weighted by atomic mass is 19.1.